The van der Waals surface area contributed by atoms with Crippen LogP contribution in [0.5, 0.6) is 0 Å². The Bertz CT molecular complexity index is 256. The molecule has 0 N–H and O–H groups in total. The molecule has 0 radical (unpaired) electrons. The number of likely N-dealkylation sites (tertiary alicyclic amines) is 1. The number of hydrogen-bond donors (Lipinski definition) is 0. The van der Waals surface area contributed by atoms with Crippen LogP contribution in [0.15, 0.2) is 0 Å². The van der Waals surface area contributed by atoms with Crippen molar-refractivity contribution in [2.45, 2.75) is 37.4 Å². The molecule has 98 valence electrons. The smallest absolute Gasteiger partial charge is 0.228 e. The summed E-state index contributed by atoms with van der Waals surface area (Å²) in [7, 11) is 0. The molecule has 2 atom stereocenters. The average molecular weight is 304 g/mol. The minimum atomic E-state index is 0.127. The van der Waals surface area contributed by atoms with Crippen LogP contribution in [-0.4, -0.2) is 41.9 Å². The van der Waals surface area contributed by atoms with Crippen LogP contribution in [0.1, 0.15) is 32.6 Å². The third kappa shape index (κ3) is 3.44. The van der Waals surface area contributed by atoms with E-state index in [4.69, 9.17) is 4.74 Å². The number of carbonyl (C=O) groups excluding carboxylic acids is 1. The van der Waals surface area contributed by atoms with E-state index in [9.17, 15) is 4.79 Å². The van der Waals surface area contributed by atoms with Gasteiger partial charge in [-0.1, -0.05) is 22.9 Å². The number of halogens is 1. The summed E-state index contributed by atoms with van der Waals surface area (Å²) in [6.07, 6.45) is 4.30. The maximum atomic E-state index is 12.3. The molecule has 0 saturated carbocycles. The standard InChI is InChI=1S/C13H22BrNO2/c1-10(14)11-4-6-15(7-5-11)13(16)12-3-2-8-17-9-12/h10-12H,2-9H2,1H3. The fourth-order valence-electron chi connectivity index (χ4n) is 2.77. The summed E-state index contributed by atoms with van der Waals surface area (Å²) < 4.78 is 5.40. The second-order valence-electron chi connectivity index (χ2n) is 5.25. The van der Waals surface area contributed by atoms with E-state index in [1.54, 1.807) is 0 Å². The molecule has 17 heavy (non-hydrogen) atoms. The number of nitrogens with zero attached hydrogens (tertiary/aromatic N) is 1. The van der Waals surface area contributed by atoms with Gasteiger partial charge in [0.1, 0.15) is 0 Å². The molecule has 4 heteroatoms. The number of amides is 1. The summed E-state index contributed by atoms with van der Waals surface area (Å²) >= 11 is 3.65. The molecule has 2 rings (SSSR count). The van der Waals surface area contributed by atoms with Crippen molar-refractivity contribution in [3.8, 4) is 0 Å². The third-order valence-corrected chi connectivity index (χ3v) is 4.76. The van der Waals surface area contributed by atoms with Gasteiger partial charge in [0.25, 0.3) is 0 Å². The zero-order chi connectivity index (χ0) is 12.3. The third-order valence-electron chi connectivity index (χ3n) is 4.01. The lowest BCUT2D eigenvalue weighted by molar-refractivity contribution is -0.141. The van der Waals surface area contributed by atoms with Crippen LogP contribution in [0.25, 0.3) is 0 Å². The van der Waals surface area contributed by atoms with Crippen molar-refractivity contribution in [1.82, 2.24) is 4.90 Å². The van der Waals surface area contributed by atoms with Crippen LogP contribution in [0, 0.1) is 11.8 Å². The van der Waals surface area contributed by atoms with Crippen molar-refractivity contribution in [3.63, 3.8) is 0 Å². The first-order valence-corrected chi connectivity index (χ1v) is 7.60. The molecule has 2 aliphatic heterocycles. The van der Waals surface area contributed by atoms with E-state index < -0.39 is 0 Å². The lowest BCUT2D eigenvalue weighted by Crippen LogP contribution is -2.44. The van der Waals surface area contributed by atoms with E-state index in [1.165, 1.54) is 0 Å². The Balaban J connectivity index is 1.81. The van der Waals surface area contributed by atoms with Gasteiger partial charge in [0, 0.05) is 24.5 Å². The van der Waals surface area contributed by atoms with Gasteiger partial charge in [-0.25, -0.2) is 0 Å². The SMILES string of the molecule is CC(Br)C1CCN(C(=O)C2CCCOC2)CC1. The second kappa shape index (κ2) is 6.19. The number of carbonyl (C=O) groups is 1. The summed E-state index contributed by atoms with van der Waals surface area (Å²) in [6, 6.07) is 0. The molecule has 0 aromatic heterocycles. The van der Waals surface area contributed by atoms with Gasteiger partial charge in [0.2, 0.25) is 5.91 Å². The summed E-state index contributed by atoms with van der Waals surface area (Å²) in [4.78, 5) is 14.9. The van der Waals surface area contributed by atoms with Gasteiger partial charge in [-0.15, -0.1) is 0 Å². The number of rotatable bonds is 2. The lowest BCUT2D eigenvalue weighted by Gasteiger charge is -2.36. The van der Waals surface area contributed by atoms with E-state index in [0.717, 1.165) is 51.3 Å². The molecular formula is C13H22BrNO2. The van der Waals surface area contributed by atoms with Crippen LogP contribution in [-0.2, 0) is 9.53 Å². The molecule has 0 aromatic carbocycles. The van der Waals surface area contributed by atoms with Gasteiger partial charge in [0.05, 0.1) is 12.5 Å². The monoisotopic (exact) mass is 303 g/mol. The molecule has 2 heterocycles. The molecule has 0 bridgehead atoms. The van der Waals surface area contributed by atoms with Gasteiger partial charge in [-0.3, -0.25) is 4.79 Å². The quantitative estimate of drug-likeness (QED) is 0.733. The Hall–Kier alpha value is -0.0900. The Morgan fingerprint density at radius 2 is 2.06 bits per heavy atom. The Kier molecular flexibility index (Phi) is 4.86. The predicted molar refractivity (Wildman–Crippen MR) is 71.2 cm³/mol. The number of hydrogen-bond acceptors (Lipinski definition) is 2. The predicted octanol–water partition coefficient (Wildman–Crippen LogP) is 2.44. The Morgan fingerprint density at radius 1 is 1.35 bits per heavy atom. The molecule has 0 aromatic rings. The number of piperidine rings is 1. The molecule has 0 spiro atoms. The zero-order valence-corrected chi connectivity index (χ0v) is 12.1. The van der Waals surface area contributed by atoms with E-state index in [0.29, 0.717) is 17.3 Å². The fraction of sp³-hybridized carbons (Fsp3) is 0.923. The van der Waals surface area contributed by atoms with Crippen LogP contribution < -0.4 is 0 Å². The highest BCUT2D eigenvalue weighted by molar-refractivity contribution is 9.09. The van der Waals surface area contributed by atoms with Crippen molar-refractivity contribution in [3.05, 3.63) is 0 Å². The second-order valence-corrected chi connectivity index (χ2v) is 6.70. The largest absolute Gasteiger partial charge is 0.381 e. The van der Waals surface area contributed by atoms with Gasteiger partial charge >= 0.3 is 0 Å². The zero-order valence-electron chi connectivity index (χ0n) is 10.5. The van der Waals surface area contributed by atoms with Crippen LogP contribution >= 0.6 is 15.9 Å². The molecule has 2 unspecified atom stereocenters. The van der Waals surface area contributed by atoms with Gasteiger partial charge in [-0.2, -0.15) is 0 Å². The van der Waals surface area contributed by atoms with Gasteiger partial charge in [-0.05, 0) is 31.6 Å². The average Bonchev–Trinajstić information content (AvgIpc) is 2.39. The molecular weight excluding hydrogens is 282 g/mol. The van der Waals surface area contributed by atoms with Crippen LogP contribution in [0.4, 0.5) is 0 Å². The summed E-state index contributed by atoms with van der Waals surface area (Å²) in [6.45, 7) is 5.52. The minimum absolute atomic E-state index is 0.127. The van der Waals surface area contributed by atoms with Gasteiger partial charge in [0.15, 0.2) is 0 Å². The van der Waals surface area contributed by atoms with E-state index in [1.807, 2.05) is 4.90 Å². The van der Waals surface area contributed by atoms with E-state index in [-0.39, 0.29) is 5.92 Å². The highest BCUT2D eigenvalue weighted by Crippen LogP contribution is 2.26. The number of alkyl halides is 1. The molecule has 0 aliphatic carbocycles. The van der Waals surface area contributed by atoms with Crippen LogP contribution in [0.3, 0.4) is 0 Å². The summed E-state index contributed by atoms with van der Waals surface area (Å²) in [5, 5.41) is 0. The molecule has 1 amide bonds. The maximum Gasteiger partial charge on any atom is 0.228 e. The van der Waals surface area contributed by atoms with Gasteiger partial charge < -0.3 is 9.64 Å². The van der Waals surface area contributed by atoms with Crippen molar-refractivity contribution in [2.75, 3.05) is 26.3 Å². The fourth-order valence-corrected chi connectivity index (χ4v) is 3.30. The molecule has 2 fully saturated rings. The molecule has 3 nitrogen and oxygen atoms in total. The van der Waals surface area contributed by atoms with Crippen molar-refractivity contribution in [1.29, 1.82) is 0 Å². The maximum absolute atomic E-state index is 12.3. The van der Waals surface area contributed by atoms with Crippen molar-refractivity contribution in [2.24, 2.45) is 11.8 Å². The molecule has 2 aliphatic rings. The number of ether oxygens (including phenoxy) is 1. The van der Waals surface area contributed by atoms with Crippen molar-refractivity contribution < 1.29 is 9.53 Å². The normalized spacial score (nSPS) is 29.1. The summed E-state index contributed by atoms with van der Waals surface area (Å²) in [5.41, 5.74) is 0. The van der Waals surface area contributed by atoms with E-state index >= 15 is 0 Å². The highest BCUT2D eigenvalue weighted by atomic mass is 79.9. The topological polar surface area (TPSA) is 29.5 Å². The highest BCUT2D eigenvalue weighted by Gasteiger charge is 2.30. The minimum Gasteiger partial charge on any atom is -0.381 e. The lowest BCUT2D eigenvalue weighted by atomic mass is 9.92. The molecule has 2 saturated heterocycles. The first kappa shape index (κ1) is 13.3. The first-order chi connectivity index (χ1) is 8.18. The van der Waals surface area contributed by atoms with Crippen molar-refractivity contribution >= 4 is 21.8 Å². The van der Waals surface area contributed by atoms with E-state index in [2.05, 4.69) is 22.9 Å². The Labute approximate surface area is 112 Å². The summed E-state index contributed by atoms with van der Waals surface area (Å²) in [5.74, 6) is 1.17. The first-order valence-electron chi connectivity index (χ1n) is 6.69. The van der Waals surface area contributed by atoms with Crippen LogP contribution in [0.2, 0.25) is 0 Å². The Morgan fingerprint density at radius 3 is 2.59 bits per heavy atom.